The molecular weight excluding hydrogens is 342 g/mol. The van der Waals surface area contributed by atoms with Gasteiger partial charge in [0.1, 0.15) is 11.6 Å². The number of carbonyl (C=O) groups is 1. The van der Waals surface area contributed by atoms with E-state index in [1.165, 1.54) is 33.0 Å². The Morgan fingerprint density at radius 3 is 2.07 bits per heavy atom. The summed E-state index contributed by atoms with van der Waals surface area (Å²) in [7, 11) is 4.54. The molecule has 5 nitrogen and oxygen atoms in total. The average Bonchev–Trinajstić information content (AvgIpc) is 2.71. The van der Waals surface area contributed by atoms with E-state index in [-0.39, 0.29) is 11.4 Å². The quantitative estimate of drug-likeness (QED) is 0.393. The first kappa shape index (κ1) is 20.1. The number of ether oxygens (including phenoxy) is 3. The predicted octanol–water partition coefficient (Wildman–Crippen LogP) is 4.45. The number of aryl methyl sites for hydroxylation is 1. The van der Waals surface area contributed by atoms with Crippen LogP contribution in [-0.2, 0) is 6.42 Å². The fourth-order valence-corrected chi connectivity index (χ4v) is 2.77. The summed E-state index contributed by atoms with van der Waals surface area (Å²) in [5.41, 5.74) is 2.29. The van der Waals surface area contributed by atoms with Gasteiger partial charge >= 0.3 is 0 Å². The van der Waals surface area contributed by atoms with Crippen LogP contribution in [0.2, 0.25) is 0 Å². The summed E-state index contributed by atoms with van der Waals surface area (Å²) >= 11 is 0. The van der Waals surface area contributed by atoms with Gasteiger partial charge in [-0.15, -0.1) is 0 Å². The molecule has 0 fully saturated rings. The maximum atomic E-state index is 12.7. The fraction of sp³-hybridized carbons (Fsp3) is 0.273. The standard InChI is InChI=1S/C22H23NO4/c1-5-6-15-7-9-17(10-8-15)21(24)18(14-23)11-16-12-19(25-2)22(27-4)20(13-16)26-3/h7-13H,5-6H2,1-4H3/b18-11+. The van der Waals surface area contributed by atoms with Gasteiger partial charge in [0.2, 0.25) is 11.5 Å². The van der Waals surface area contributed by atoms with Gasteiger partial charge in [-0.3, -0.25) is 4.79 Å². The molecule has 0 aliphatic heterocycles. The van der Waals surface area contributed by atoms with Gasteiger partial charge in [0.15, 0.2) is 11.5 Å². The minimum atomic E-state index is -0.325. The van der Waals surface area contributed by atoms with Gasteiger partial charge in [-0.05, 0) is 35.8 Å². The zero-order valence-corrected chi connectivity index (χ0v) is 16.0. The van der Waals surface area contributed by atoms with Crippen LogP contribution in [0.1, 0.15) is 34.8 Å². The number of rotatable bonds is 8. The molecule has 140 valence electrons. The second-order valence-electron chi connectivity index (χ2n) is 5.90. The monoisotopic (exact) mass is 365 g/mol. The fourth-order valence-electron chi connectivity index (χ4n) is 2.77. The molecule has 0 bridgehead atoms. The summed E-state index contributed by atoms with van der Waals surface area (Å²) < 4.78 is 15.9. The Kier molecular flexibility index (Phi) is 7.01. The number of carbonyl (C=O) groups excluding carboxylic acids is 1. The molecule has 0 heterocycles. The molecule has 0 saturated heterocycles. The highest BCUT2D eigenvalue weighted by Gasteiger charge is 2.16. The molecule has 2 rings (SSSR count). The number of ketones is 1. The third-order valence-electron chi connectivity index (χ3n) is 4.12. The second kappa shape index (κ2) is 9.44. The van der Waals surface area contributed by atoms with Crippen molar-refractivity contribution in [1.29, 1.82) is 5.26 Å². The zero-order valence-electron chi connectivity index (χ0n) is 16.0. The van der Waals surface area contributed by atoms with E-state index in [2.05, 4.69) is 6.92 Å². The molecule has 0 spiro atoms. The molecule has 0 saturated carbocycles. The third-order valence-corrected chi connectivity index (χ3v) is 4.12. The van der Waals surface area contributed by atoms with Crippen LogP contribution in [0.4, 0.5) is 0 Å². The van der Waals surface area contributed by atoms with E-state index >= 15 is 0 Å². The van der Waals surface area contributed by atoms with Crippen molar-refractivity contribution in [2.24, 2.45) is 0 Å². The lowest BCUT2D eigenvalue weighted by molar-refractivity contribution is 0.104. The van der Waals surface area contributed by atoms with Gasteiger partial charge in [-0.1, -0.05) is 37.6 Å². The summed E-state index contributed by atoms with van der Waals surface area (Å²) in [5, 5.41) is 9.49. The lowest BCUT2D eigenvalue weighted by Gasteiger charge is -2.13. The van der Waals surface area contributed by atoms with E-state index in [1.54, 1.807) is 24.3 Å². The van der Waals surface area contributed by atoms with Crippen LogP contribution in [0.15, 0.2) is 42.0 Å². The Hall–Kier alpha value is -3.26. The normalized spacial score (nSPS) is 10.9. The summed E-state index contributed by atoms with van der Waals surface area (Å²) in [5.74, 6) is 1.04. The van der Waals surface area contributed by atoms with Crippen molar-refractivity contribution in [3.8, 4) is 23.3 Å². The largest absolute Gasteiger partial charge is 0.493 e. The van der Waals surface area contributed by atoms with E-state index in [0.717, 1.165) is 12.8 Å². The van der Waals surface area contributed by atoms with Gasteiger partial charge in [0.25, 0.3) is 0 Å². The van der Waals surface area contributed by atoms with Crippen molar-refractivity contribution in [3.63, 3.8) is 0 Å². The molecule has 0 aliphatic rings. The number of hydrogen-bond donors (Lipinski definition) is 0. The van der Waals surface area contributed by atoms with Gasteiger partial charge < -0.3 is 14.2 Å². The van der Waals surface area contributed by atoms with Crippen molar-refractivity contribution in [1.82, 2.24) is 0 Å². The first-order chi connectivity index (χ1) is 13.1. The Morgan fingerprint density at radius 2 is 1.63 bits per heavy atom. The Labute approximate surface area is 159 Å². The number of Topliss-reactive ketones (excluding diaryl/α,β-unsaturated/α-hetero) is 1. The van der Waals surface area contributed by atoms with Crippen LogP contribution < -0.4 is 14.2 Å². The molecule has 0 aromatic heterocycles. The van der Waals surface area contributed by atoms with Crippen LogP contribution in [0.25, 0.3) is 6.08 Å². The predicted molar refractivity (Wildman–Crippen MR) is 104 cm³/mol. The lowest BCUT2D eigenvalue weighted by Crippen LogP contribution is -2.02. The molecular formula is C22H23NO4. The molecule has 5 heteroatoms. The van der Waals surface area contributed by atoms with Crippen molar-refractivity contribution in [3.05, 3.63) is 58.7 Å². The van der Waals surface area contributed by atoms with Gasteiger partial charge in [0.05, 0.1) is 21.3 Å². The van der Waals surface area contributed by atoms with Crippen molar-refractivity contribution < 1.29 is 19.0 Å². The summed E-state index contributed by atoms with van der Waals surface area (Å²) in [4.78, 5) is 12.7. The zero-order chi connectivity index (χ0) is 19.8. The third kappa shape index (κ3) is 4.68. The van der Waals surface area contributed by atoms with Gasteiger partial charge in [-0.25, -0.2) is 0 Å². The van der Waals surface area contributed by atoms with E-state index in [9.17, 15) is 10.1 Å². The smallest absolute Gasteiger partial charge is 0.203 e. The second-order valence-corrected chi connectivity index (χ2v) is 5.90. The summed E-state index contributed by atoms with van der Waals surface area (Å²) in [6, 6.07) is 12.7. The molecule has 2 aromatic carbocycles. The first-order valence-electron chi connectivity index (χ1n) is 8.63. The Bertz CT molecular complexity index is 851. The summed E-state index contributed by atoms with van der Waals surface area (Å²) in [6.07, 6.45) is 3.52. The maximum absolute atomic E-state index is 12.7. The maximum Gasteiger partial charge on any atom is 0.203 e. The average molecular weight is 365 g/mol. The molecule has 0 radical (unpaired) electrons. The lowest BCUT2D eigenvalue weighted by atomic mass is 9.99. The number of hydrogen-bond acceptors (Lipinski definition) is 5. The first-order valence-corrected chi connectivity index (χ1v) is 8.63. The molecule has 0 unspecified atom stereocenters. The van der Waals surface area contributed by atoms with E-state index in [1.807, 2.05) is 18.2 Å². The van der Waals surface area contributed by atoms with E-state index in [4.69, 9.17) is 14.2 Å². The molecule has 0 amide bonds. The van der Waals surface area contributed by atoms with Crippen molar-refractivity contribution >= 4 is 11.9 Å². The van der Waals surface area contributed by atoms with Crippen molar-refractivity contribution in [2.75, 3.05) is 21.3 Å². The molecule has 0 N–H and O–H groups in total. The number of nitriles is 1. The Balaban J connectivity index is 2.40. The number of nitrogens with zero attached hydrogens (tertiary/aromatic N) is 1. The minimum absolute atomic E-state index is 0.0347. The summed E-state index contributed by atoms with van der Waals surface area (Å²) in [6.45, 7) is 2.10. The van der Waals surface area contributed by atoms with Gasteiger partial charge in [0, 0.05) is 5.56 Å². The highest BCUT2D eigenvalue weighted by atomic mass is 16.5. The SMILES string of the molecule is CCCc1ccc(C(=O)/C(C#N)=C/c2cc(OC)c(OC)c(OC)c2)cc1. The highest BCUT2D eigenvalue weighted by Crippen LogP contribution is 2.38. The molecule has 0 atom stereocenters. The van der Waals surface area contributed by atoms with Crippen molar-refractivity contribution in [2.45, 2.75) is 19.8 Å². The van der Waals surface area contributed by atoms with E-state index in [0.29, 0.717) is 28.4 Å². The Morgan fingerprint density at radius 1 is 1.04 bits per heavy atom. The molecule has 0 aliphatic carbocycles. The van der Waals surface area contributed by atoms with Crippen LogP contribution in [0.5, 0.6) is 17.2 Å². The number of benzene rings is 2. The van der Waals surface area contributed by atoms with Crippen LogP contribution in [-0.4, -0.2) is 27.1 Å². The number of methoxy groups -OCH3 is 3. The number of allylic oxidation sites excluding steroid dienone is 1. The topological polar surface area (TPSA) is 68.6 Å². The van der Waals surface area contributed by atoms with Crippen LogP contribution in [0.3, 0.4) is 0 Å². The van der Waals surface area contributed by atoms with Gasteiger partial charge in [-0.2, -0.15) is 5.26 Å². The minimum Gasteiger partial charge on any atom is -0.493 e. The van der Waals surface area contributed by atoms with Crippen LogP contribution in [0, 0.1) is 11.3 Å². The molecule has 2 aromatic rings. The molecule has 27 heavy (non-hydrogen) atoms. The van der Waals surface area contributed by atoms with E-state index < -0.39 is 0 Å². The van der Waals surface area contributed by atoms with Crippen LogP contribution >= 0.6 is 0 Å². The highest BCUT2D eigenvalue weighted by molar-refractivity contribution is 6.14.